The van der Waals surface area contributed by atoms with Crippen molar-refractivity contribution in [1.29, 1.82) is 0 Å². The van der Waals surface area contributed by atoms with Crippen molar-refractivity contribution in [1.82, 2.24) is 0 Å². The number of esters is 1. The monoisotopic (exact) mass is 608 g/mol. The average molecular weight is 609 g/mol. The van der Waals surface area contributed by atoms with Gasteiger partial charge in [0.25, 0.3) is 0 Å². The van der Waals surface area contributed by atoms with Gasteiger partial charge in [-0.1, -0.05) is 20.4 Å². The quantitative estimate of drug-likeness (QED) is 0.287. The first-order valence-electron chi connectivity index (χ1n) is 16.1. The molecule has 236 valence electrons. The number of halogens is 1. The summed E-state index contributed by atoms with van der Waals surface area (Å²) in [5.41, 5.74) is -2.74. The third-order valence-corrected chi connectivity index (χ3v) is 12.7. The lowest BCUT2D eigenvalue weighted by molar-refractivity contribution is -0.437. The van der Waals surface area contributed by atoms with Crippen molar-refractivity contribution < 1.29 is 43.3 Å². The maximum atomic E-state index is 14.3. The van der Waals surface area contributed by atoms with Crippen LogP contribution in [0.15, 0.2) is 36.4 Å². The van der Waals surface area contributed by atoms with E-state index in [1.165, 1.54) is 24.3 Å². The topological polar surface area (TPSA) is 127 Å². The van der Waals surface area contributed by atoms with Gasteiger partial charge in [-0.15, -0.1) is 0 Å². The van der Waals surface area contributed by atoms with Crippen LogP contribution in [0.4, 0.5) is 4.39 Å². The van der Waals surface area contributed by atoms with Gasteiger partial charge in [0.05, 0.1) is 17.9 Å². The Balaban J connectivity index is 1.14. The van der Waals surface area contributed by atoms with E-state index in [2.05, 4.69) is 6.58 Å². The van der Waals surface area contributed by atoms with Gasteiger partial charge in [0.15, 0.2) is 11.6 Å². The molecule has 0 aromatic heterocycles. The highest BCUT2D eigenvalue weighted by molar-refractivity contribution is 6.06. The van der Waals surface area contributed by atoms with Crippen LogP contribution in [0.3, 0.4) is 0 Å². The number of hydrogen-bond acceptors (Lipinski definition) is 8. The van der Waals surface area contributed by atoms with Crippen LogP contribution in [0.5, 0.6) is 0 Å². The van der Waals surface area contributed by atoms with Gasteiger partial charge in [-0.25, -0.2) is 4.39 Å². The Labute approximate surface area is 256 Å². The van der Waals surface area contributed by atoms with E-state index in [4.69, 9.17) is 9.47 Å². The van der Waals surface area contributed by atoms with E-state index >= 15 is 0 Å². The molecule has 0 radical (unpaired) electrons. The molecule has 5 aliphatic carbocycles. The van der Waals surface area contributed by atoms with Crippen molar-refractivity contribution in [2.24, 2.45) is 45.8 Å². The molecule has 8 atom stereocenters. The number of Topliss-reactive ketones (excluding diaryl/α,β-unsaturated/α-hetero) is 3. The first-order valence-corrected chi connectivity index (χ1v) is 16.1. The number of carbonyl (C=O) groups is 4. The predicted molar refractivity (Wildman–Crippen MR) is 154 cm³/mol. The first-order chi connectivity index (χ1) is 20.8. The number of ether oxygens (including phenoxy) is 2. The molecular formula is C35H41FO8. The molecule has 4 bridgehead atoms. The molecule has 7 fully saturated rings. The minimum absolute atomic E-state index is 0.0608. The number of aliphatic hydroxyl groups is 2. The second-order valence-electron chi connectivity index (χ2n) is 15.0. The zero-order valence-electron chi connectivity index (χ0n) is 25.4. The van der Waals surface area contributed by atoms with Crippen LogP contribution < -0.4 is 0 Å². The molecule has 0 unspecified atom stereocenters. The predicted octanol–water partition coefficient (Wildman–Crippen LogP) is 4.35. The lowest BCUT2D eigenvalue weighted by atomic mass is 9.36. The minimum Gasteiger partial charge on any atom is -0.460 e. The van der Waals surface area contributed by atoms with Crippen molar-refractivity contribution in [3.63, 3.8) is 0 Å². The van der Waals surface area contributed by atoms with Gasteiger partial charge in [-0.2, -0.15) is 0 Å². The molecule has 0 amide bonds. The smallest absolute Gasteiger partial charge is 0.309 e. The highest BCUT2D eigenvalue weighted by Gasteiger charge is 2.88. The van der Waals surface area contributed by atoms with Gasteiger partial charge in [0.1, 0.15) is 29.2 Å². The van der Waals surface area contributed by atoms with Gasteiger partial charge in [0.2, 0.25) is 5.79 Å². The summed E-state index contributed by atoms with van der Waals surface area (Å²) in [6.07, 6.45) is 1.79. The Morgan fingerprint density at radius 3 is 2.43 bits per heavy atom. The lowest BCUT2D eigenvalue weighted by Gasteiger charge is -2.73. The summed E-state index contributed by atoms with van der Waals surface area (Å²) in [4.78, 5) is 54.7. The molecule has 44 heavy (non-hydrogen) atoms. The van der Waals surface area contributed by atoms with Crippen LogP contribution in [0.25, 0.3) is 0 Å². The van der Waals surface area contributed by atoms with Crippen LogP contribution >= 0.6 is 0 Å². The Hall–Kier alpha value is -2.75. The van der Waals surface area contributed by atoms with E-state index in [1.54, 1.807) is 0 Å². The van der Waals surface area contributed by atoms with E-state index < -0.39 is 75.5 Å². The number of carbonyl (C=O) groups excluding carboxylic acids is 4. The highest BCUT2D eigenvalue weighted by atomic mass is 19.1. The lowest BCUT2D eigenvalue weighted by Crippen LogP contribution is -2.85. The van der Waals surface area contributed by atoms with Gasteiger partial charge in [-0.3, -0.25) is 19.2 Å². The van der Waals surface area contributed by atoms with E-state index in [0.29, 0.717) is 63.4 Å². The third kappa shape index (κ3) is 3.72. The Kier molecular flexibility index (Phi) is 6.72. The van der Waals surface area contributed by atoms with Crippen molar-refractivity contribution in [2.45, 2.75) is 89.6 Å². The summed E-state index contributed by atoms with van der Waals surface area (Å²) < 4.78 is 25.6. The summed E-state index contributed by atoms with van der Waals surface area (Å²) in [6.45, 7) is 7.97. The maximum absolute atomic E-state index is 14.3. The van der Waals surface area contributed by atoms with Crippen LogP contribution in [0.2, 0.25) is 0 Å². The standard InChI is InChI=1S/C35H41FO8/c1-18-23-12-13-25-33-17-43-35(42,29(40)27(33)32(2,3)15-14-26(33)38)34(25,28(18)39)30(23)44-31(41)21-6-4-19(5-7-21)16-24(37)20-8-10-22(36)11-9-20/h8-11,19,21,23,25,27,29-30,40,42H,1,4-7,12-17H2,2-3H3/t19?,21?,23-,25-,27+,29-,30+,33+,34-,35-/m0/s1. The first kappa shape index (κ1) is 29.9. The van der Waals surface area contributed by atoms with Gasteiger partial charge in [-0.05, 0) is 92.0 Å². The number of benzene rings is 1. The van der Waals surface area contributed by atoms with Crippen LogP contribution in [0, 0.1) is 51.7 Å². The third-order valence-electron chi connectivity index (χ3n) is 12.7. The summed E-state index contributed by atoms with van der Waals surface area (Å²) >= 11 is 0. The molecule has 2 aliphatic heterocycles. The molecule has 9 heteroatoms. The zero-order valence-corrected chi connectivity index (χ0v) is 25.4. The molecule has 2 N–H and O–H groups in total. The second kappa shape index (κ2) is 9.87. The van der Waals surface area contributed by atoms with E-state index in [9.17, 15) is 33.8 Å². The fourth-order valence-electron chi connectivity index (χ4n) is 10.6. The normalized spacial score (nSPS) is 43.8. The average Bonchev–Trinajstić information content (AvgIpc) is 3.10. The fraction of sp³-hybridized carbons (Fsp3) is 0.657. The largest absolute Gasteiger partial charge is 0.460 e. The zero-order chi connectivity index (χ0) is 31.4. The van der Waals surface area contributed by atoms with Crippen molar-refractivity contribution in [3.8, 4) is 0 Å². The summed E-state index contributed by atoms with van der Waals surface area (Å²) in [6, 6.07) is 5.51. The fourth-order valence-corrected chi connectivity index (χ4v) is 10.6. The summed E-state index contributed by atoms with van der Waals surface area (Å²) in [7, 11) is 0. The Morgan fingerprint density at radius 2 is 1.75 bits per heavy atom. The molecule has 2 spiro atoms. The van der Waals surface area contributed by atoms with Crippen molar-refractivity contribution in [2.75, 3.05) is 6.61 Å². The van der Waals surface area contributed by atoms with E-state index in [1.807, 2.05) is 13.8 Å². The molecule has 7 aliphatic rings. The van der Waals surface area contributed by atoms with Gasteiger partial charge in [0, 0.05) is 30.2 Å². The number of fused-ring (bicyclic) bond motifs is 2. The van der Waals surface area contributed by atoms with Gasteiger partial charge >= 0.3 is 5.97 Å². The van der Waals surface area contributed by atoms with Crippen LogP contribution in [-0.4, -0.2) is 58.1 Å². The SMILES string of the molecule is C=C1C(=O)[C@]23[C@H](OC(=O)C4CCC(CC(=O)c5ccc(F)cc5)CC4)[C@H]1CC[C@H]2[C@@]12CO[C@@]3(O)[C@@H](O)[C@@H]1C(C)(C)CCC2=O. The maximum Gasteiger partial charge on any atom is 0.309 e. The molecule has 8 nitrogen and oxygen atoms in total. The molecule has 8 rings (SSSR count). The Morgan fingerprint density at radius 1 is 1.07 bits per heavy atom. The second-order valence-corrected chi connectivity index (χ2v) is 15.0. The minimum atomic E-state index is -2.32. The molecular weight excluding hydrogens is 567 g/mol. The summed E-state index contributed by atoms with van der Waals surface area (Å²) in [5.74, 6) is -5.94. The molecule has 2 heterocycles. The number of rotatable bonds is 5. The number of aliphatic hydroxyl groups excluding tert-OH is 1. The van der Waals surface area contributed by atoms with Crippen molar-refractivity contribution in [3.05, 3.63) is 47.8 Å². The van der Waals surface area contributed by atoms with Crippen molar-refractivity contribution >= 4 is 23.3 Å². The number of ketones is 3. The van der Waals surface area contributed by atoms with E-state index in [-0.39, 0.29) is 29.7 Å². The highest BCUT2D eigenvalue weighted by Crippen LogP contribution is 2.76. The molecule has 1 aromatic carbocycles. The van der Waals surface area contributed by atoms with Gasteiger partial charge < -0.3 is 19.7 Å². The van der Waals surface area contributed by atoms with Crippen LogP contribution in [-0.2, 0) is 23.9 Å². The van der Waals surface area contributed by atoms with Crippen LogP contribution in [0.1, 0.15) is 82.0 Å². The number of hydrogen-bond donors (Lipinski definition) is 2. The molecule has 1 aromatic rings. The Bertz CT molecular complexity index is 1440. The van der Waals surface area contributed by atoms with E-state index in [0.717, 1.165) is 0 Å². The molecule has 5 saturated carbocycles. The molecule has 2 saturated heterocycles. The summed E-state index contributed by atoms with van der Waals surface area (Å²) in [5, 5.41) is 24.2.